The lowest BCUT2D eigenvalue weighted by Crippen LogP contribution is -2.54. The molecule has 1 aliphatic rings. The molecule has 1 heterocycles. The van der Waals surface area contributed by atoms with E-state index in [9.17, 15) is 0 Å². The minimum absolute atomic E-state index is 0.588. The Morgan fingerprint density at radius 1 is 1.38 bits per heavy atom. The Labute approximate surface area is 81.9 Å². The molecule has 0 amide bonds. The summed E-state index contributed by atoms with van der Waals surface area (Å²) in [6.07, 6.45) is 2.59. The minimum atomic E-state index is 0.588. The van der Waals surface area contributed by atoms with Crippen LogP contribution < -0.4 is 5.73 Å². The van der Waals surface area contributed by atoms with E-state index in [1.807, 2.05) is 0 Å². The van der Waals surface area contributed by atoms with Gasteiger partial charge < -0.3 is 10.6 Å². The smallest absolute Gasteiger partial charge is 0.0346 e. The highest BCUT2D eigenvalue weighted by Gasteiger charge is 2.22. The van der Waals surface area contributed by atoms with Crippen LogP contribution in [0.4, 0.5) is 0 Å². The largest absolute Gasteiger partial charge is 0.329 e. The van der Waals surface area contributed by atoms with Crippen LogP contribution in [0.5, 0.6) is 0 Å². The molecule has 13 heavy (non-hydrogen) atoms. The van der Waals surface area contributed by atoms with Crippen molar-refractivity contribution in [1.82, 2.24) is 9.80 Å². The van der Waals surface area contributed by atoms with E-state index < -0.39 is 0 Å². The molecule has 0 aromatic heterocycles. The summed E-state index contributed by atoms with van der Waals surface area (Å²) in [6, 6.07) is 0.588. The summed E-state index contributed by atoms with van der Waals surface area (Å²) in [4.78, 5) is 4.92. The van der Waals surface area contributed by atoms with Gasteiger partial charge in [-0.3, -0.25) is 4.90 Å². The number of rotatable bonds is 4. The minimum Gasteiger partial charge on any atom is -0.329 e. The first kappa shape index (κ1) is 11.0. The summed E-state index contributed by atoms with van der Waals surface area (Å²) in [7, 11) is 2.18. The van der Waals surface area contributed by atoms with Crippen molar-refractivity contribution in [3.8, 4) is 0 Å². The SMILES string of the molecule is CCCCN1CCN(C)CC1CN. The van der Waals surface area contributed by atoms with Crippen LogP contribution >= 0.6 is 0 Å². The molecule has 0 aromatic rings. The van der Waals surface area contributed by atoms with E-state index in [4.69, 9.17) is 5.73 Å². The normalized spacial score (nSPS) is 26.5. The van der Waals surface area contributed by atoms with Gasteiger partial charge >= 0.3 is 0 Å². The summed E-state index contributed by atoms with van der Waals surface area (Å²) in [5.41, 5.74) is 5.76. The number of piperazine rings is 1. The molecule has 1 aliphatic heterocycles. The van der Waals surface area contributed by atoms with Gasteiger partial charge in [0, 0.05) is 32.2 Å². The zero-order valence-corrected chi connectivity index (χ0v) is 9.00. The lowest BCUT2D eigenvalue weighted by Gasteiger charge is -2.39. The quantitative estimate of drug-likeness (QED) is 0.686. The fourth-order valence-corrected chi connectivity index (χ4v) is 1.93. The Kier molecular flexibility index (Phi) is 4.70. The Morgan fingerprint density at radius 2 is 2.15 bits per heavy atom. The van der Waals surface area contributed by atoms with Crippen molar-refractivity contribution >= 4 is 0 Å². The zero-order chi connectivity index (χ0) is 9.68. The van der Waals surface area contributed by atoms with Crippen molar-refractivity contribution < 1.29 is 0 Å². The highest BCUT2D eigenvalue weighted by molar-refractivity contribution is 4.81. The molecule has 1 rings (SSSR count). The van der Waals surface area contributed by atoms with Gasteiger partial charge in [0.05, 0.1) is 0 Å². The Morgan fingerprint density at radius 3 is 2.77 bits per heavy atom. The molecule has 1 atom stereocenters. The molecule has 1 saturated heterocycles. The summed E-state index contributed by atoms with van der Waals surface area (Å²) in [5.74, 6) is 0. The number of hydrogen-bond acceptors (Lipinski definition) is 3. The molecule has 3 nitrogen and oxygen atoms in total. The third-order valence-corrected chi connectivity index (χ3v) is 2.88. The molecule has 1 fully saturated rings. The molecule has 78 valence electrons. The molecule has 2 N–H and O–H groups in total. The number of nitrogens with zero attached hydrogens (tertiary/aromatic N) is 2. The van der Waals surface area contributed by atoms with Gasteiger partial charge in [-0.1, -0.05) is 13.3 Å². The van der Waals surface area contributed by atoms with E-state index in [-0.39, 0.29) is 0 Å². The second-order valence-electron chi connectivity index (χ2n) is 4.04. The molecular weight excluding hydrogens is 162 g/mol. The van der Waals surface area contributed by atoms with E-state index in [1.54, 1.807) is 0 Å². The van der Waals surface area contributed by atoms with Gasteiger partial charge in [0.1, 0.15) is 0 Å². The number of hydrogen-bond donors (Lipinski definition) is 1. The average Bonchev–Trinajstić information content (AvgIpc) is 2.16. The van der Waals surface area contributed by atoms with Crippen molar-refractivity contribution in [2.24, 2.45) is 5.73 Å². The van der Waals surface area contributed by atoms with Gasteiger partial charge in [0.15, 0.2) is 0 Å². The standard InChI is InChI=1S/C10H23N3/c1-3-4-5-13-7-6-12(2)9-10(13)8-11/h10H,3-9,11H2,1-2H3. The molecule has 3 heteroatoms. The van der Waals surface area contributed by atoms with Gasteiger partial charge in [0.25, 0.3) is 0 Å². The molecule has 0 bridgehead atoms. The lowest BCUT2D eigenvalue weighted by atomic mass is 10.1. The van der Waals surface area contributed by atoms with Crippen molar-refractivity contribution in [1.29, 1.82) is 0 Å². The average molecular weight is 185 g/mol. The first-order valence-corrected chi connectivity index (χ1v) is 5.40. The predicted octanol–water partition coefficient (Wildman–Crippen LogP) is 0.361. The fourth-order valence-electron chi connectivity index (χ4n) is 1.93. The summed E-state index contributed by atoms with van der Waals surface area (Å²) >= 11 is 0. The van der Waals surface area contributed by atoms with E-state index >= 15 is 0 Å². The van der Waals surface area contributed by atoms with Gasteiger partial charge in [0.2, 0.25) is 0 Å². The van der Waals surface area contributed by atoms with Crippen LogP contribution in [0.25, 0.3) is 0 Å². The molecule has 1 unspecified atom stereocenters. The van der Waals surface area contributed by atoms with Gasteiger partial charge in [-0.15, -0.1) is 0 Å². The molecule has 0 aliphatic carbocycles. The monoisotopic (exact) mass is 185 g/mol. The van der Waals surface area contributed by atoms with Crippen LogP contribution in [0.3, 0.4) is 0 Å². The second-order valence-corrected chi connectivity index (χ2v) is 4.04. The maximum Gasteiger partial charge on any atom is 0.0346 e. The number of unbranched alkanes of at least 4 members (excludes halogenated alkanes) is 1. The molecular formula is C10H23N3. The zero-order valence-electron chi connectivity index (χ0n) is 9.00. The number of likely N-dealkylation sites (N-methyl/N-ethyl adjacent to an activating group) is 1. The first-order valence-electron chi connectivity index (χ1n) is 5.40. The maximum atomic E-state index is 5.76. The second kappa shape index (κ2) is 5.58. The number of nitrogens with two attached hydrogens (primary N) is 1. The van der Waals surface area contributed by atoms with Crippen molar-refractivity contribution in [3.05, 3.63) is 0 Å². The van der Waals surface area contributed by atoms with Gasteiger partial charge in [-0.25, -0.2) is 0 Å². The van der Waals surface area contributed by atoms with Crippen LogP contribution in [0.1, 0.15) is 19.8 Å². The highest BCUT2D eigenvalue weighted by atomic mass is 15.3. The van der Waals surface area contributed by atoms with E-state index in [0.29, 0.717) is 6.04 Å². The molecule has 0 radical (unpaired) electrons. The Balaban J connectivity index is 2.33. The maximum absolute atomic E-state index is 5.76. The van der Waals surface area contributed by atoms with Crippen LogP contribution in [-0.4, -0.2) is 55.6 Å². The summed E-state index contributed by atoms with van der Waals surface area (Å²) in [6.45, 7) is 7.80. The molecule has 0 saturated carbocycles. The Bertz CT molecular complexity index is 136. The van der Waals surface area contributed by atoms with E-state index in [0.717, 1.165) is 13.1 Å². The van der Waals surface area contributed by atoms with Crippen molar-refractivity contribution in [2.45, 2.75) is 25.8 Å². The van der Waals surface area contributed by atoms with Crippen LogP contribution in [-0.2, 0) is 0 Å². The van der Waals surface area contributed by atoms with Gasteiger partial charge in [-0.05, 0) is 20.0 Å². The predicted molar refractivity (Wildman–Crippen MR) is 56.8 cm³/mol. The summed E-state index contributed by atoms with van der Waals surface area (Å²) < 4.78 is 0. The van der Waals surface area contributed by atoms with Crippen LogP contribution in [0.15, 0.2) is 0 Å². The van der Waals surface area contributed by atoms with Crippen molar-refractivity contribution in [2.75, 3.05) is 39.8 Å². The van der Waals surface area contributed by atoms with Crippen LogP contribution in [0.2, 0.25) is 0 Å². The fraction of sp³-hybridized carbons (Fsp3) is 1.00. The topological polar surface area (TPSA) is 32.5 Å². The third kappa shape index (κ3) is 3.25. The molecule has 0 spiro atoms. The Hall–Kier alpha value is -0.120. The van der Waals surface area contributed by atoms with Crippen LogP contribution in [0, 0.1) is 0 Å². The third-order valence-electron chi connectivity index (χ3n) is 2.88. The lowest BCUT2D eigenvalue weighted by molar-refractivity contribution is 0.0932. The molecule has 0 aromatic carbocycles. The van der Waals surface area contributed by atoms with E-state index in [2.05, 4.69) is 23.8 Å². The van der Waals surface area contributed by atoms with Gasteiger partial charge in [-0.2, -0.15) is 0 Å². The van der Waals surface area contributed by atoms with Crippen molar-refractivity contribution in [3.63, 3.8) is 0 Å². The highest BCUT2D eigenvalue weighted by Crippen LogP contribution is 2.08. The summed E-state index contributed by atoms with van der Waals surface area (Å²) in [5, 5.41) is 0. The van der Waals surface area contributed by atoms with E-state index in [1.165, 1.54) is 32.5 Å². The first-order chi connectivity index (χ1) is 6.27.